The molecule has 0 spiro atoms. The number of hydrogen-bond donors (Lipinski definition) is 2. The zero-order valence-corrected chi connectivity index (χ0v) is 20.2. The summed E-state index contributed by atoms with van der Waals surface area (Å²) in [5, 5.41) is 23.0. The minimum absolute atomic E-state index is 0.0168. The lowest BCUT2D eigenvalue weighted by atomic mass is 10.0. The third-order valence-electron chi connectivity index (χ3n) is 7.32. The molecule has 0 bridgehead atoms. The summed E-state index contributed by atoms with van der Waals surface area (Å²) in [6, 6.07) is 6.37. The summed E-state index contributed by atoms with van der Waals surface area (Å²) in [6.45, 7) is 7.57. The lowest BCUT2D eigenvalue weighted by Gasteiger charge is -2.43. The Kier molecular flexibility index (Phi) is 6.44. The molecule has 2 saturated carbocycles. The van der Waals surface area contributed by atoms with Gasteiger partial charge in [-0.3, -0.25) is 9.78 Å². The molecule has 5 rings (SSSR count). The van der Waals surface area contributed by atoms with E-state index in [2.05, 4.69) is 27.8 Å². The Balaban J connectivity index is 1.49. The highest BCUT2D eigenvalue weighted by Gasteiger charge is 2.42. The minimum atomic E-state index is -0.124. The van der Waals surface area contributed by atoms with Gasteiger partial charge in [0.15, 0.2) is 0 Å². The van der Waals surface area contributed by atoms with Crippen LogP contribution in [0.3, 0.4) is 0 Å². The first-order valence-electron chi connectivity index (χ1n) is 12.5. The van der Waals surface area contributed by atoms with Crippen LogP contribution in [0.1, 0.15) is 60.5 Å². The zero-order chi connectivity index (χ0) is 24.5. The van der Waals surface area contributed by atoms with Crippen LogP contribution in [0.25, 0.3) is 6.08 Å². The number of piperazine rings is 1. The Morgan fingerprint density at radius 2 is 2.14 bits per heavy atom. The normalized spacial score (nSPS) is 19.9. The van der Waals surface area contributed by atoms with E-state index in [-0.39, 0.29) is 25.0 Å². The number of aromatic nitrogens is 2. The van der Waals surface area contributed by atoms with Crippen LogP contribution >= 0.6 is 0 Å². The van der Waals surface area contributed by atoms with Crippen LogP contribution in [-0.2, 0) is 4.79 Å². The minimum Gasteiger partial charge on any atom is -0.396 e. The molecule has 0 radical (unpaired) electrons. The SMILES string of the molecule is C=Cc1cc(Nc2c(C3CC3)nc(N3CCN(C(=O)CCO)C(C4CC4)C3)c(C#N)c2C)ccn1. The maximum atomic E-state index is 12.6. The molecular weight excluding hydrogens is 440 g/mol. The Bertz CT molecular complexity index is 1180. The molecule has 2 aromatic rings. The van der Waals surface area contributed by atoms with Crippen LogP contribution in [0.15, 0.2) is 24.9 Å². The Labute approximate surface area is 206 Å². The highest BCUT2D eigenvalue weighted by molar-refractivity contribution is 5.78. The first-order chi connectivity index (χ1) is 17.0. The fourth-order valence-corrected chi connectivity index (χ4v) is 5.10. The van der Waals surface area contributed by atoms with Crippen molar-refractivity contribution in [2.24, 2.45) is 5.92 Å². The highest BCUT2D eigenvalue weighted by atomic mass is 16.3. The highest BCUT2D eigenvalue weighted by Crippen LogP contribution is 2.46. The van der Waals surface area contributed by atoms with Crippen molar-refractivity contribution in [2.75, 3.05) is 36.5 Å². The smallest absolute Gasteiger partial charge is 0.225 e. The van der Waals surface area contributed by atoms with Gasteiger partial charge in [0, 0.05) is 43.9 Å². The summed E-state index contributed by atoms with van der Waals surface area (Å²) < 4.78 is 0. The van der Waals surface area contributed by atoms with Gasteiger partial charge >= 0.3 is 0 Å². The first kappa shape index (κ1) is 23.3. The summed E-state index contributed by atoms with van der Waals surface area (Å²) in [5.74, 6) is 1.62. The average molecular weight is 473 g/mol. The van der Waals surface area contributed by atoms with Crippen LogP contribution in [-0.4, -0.2) is 58.2 Å². The number of carbonyl (C=O) groups is 1. The molecule has 182 valence electrons. The number of anilines is 3. The molecule has 8 nitrogen and oxygen atoms in total. The fourth-order valence-electron chi connectivity index (χ4n) is 5.10. The van der Waals surface area contributed by atoms with Crippen molar-refractivity contribution in [3.8, 4) is 6.07 Å². The second-order valence-electron chi connectivity index (χ2n) is 9.79. The lowest BCUT2D eigenvalue weighted by Crippen LogP contribution is -2.56. The third-order valence-corrected chi connectivity index (χ3v) is 7.32. The van der Waals surface area contributed by atoms with Crippen LogP contribution < -0.4 is 10.2 Å². The van der Waals surface area contributed by atoms with Crippen molar-refractivity contribution < 1.29 is 9.90 Å². The lowest BCUT2D eigenvalue weighted by molar-refractivity contribution is -0.135. The van der Waals surface area contributed by atoms with Gasteiger partial charge in [-0.15, -0.1) is 0 Å². The van der Waals surface area contributed by atoms with Crippen molar-refractivity contribution in [3.63, 3.8) is 0 Å². The Morgan fingerprint density at radius 1 is 1.34 bits per heavy atom. The molecule has 1 amide bonds. The van der Waals surface area contributed by atoms with Gasteiger partial charge in [0.1, 0.15) is 11.9 Å². The zero-order valence-electron chi connectivity index (χ0n) is 20.2. The molecule has 2 aliphatic carbocycles. The molecule has 3 heterocycles. The topological polar surface area (TPSA) is 105 Å². The van der Waals surface area contributed by atoms with Gasteiger partial charge < -0.3 is 20.2 Å². The van der Waals surface area contributed by atoms with E-state index < -0.39 is 0 Å². The van der Waals surface area contributed by atoms with E-state index in [0.29, 0.717) is 37.0 Å². The number of nitrogens with one attached hydrogen (secondary N) is 1. The van der Waals surface area contributed by atoms with Gasteiger partial charge in [-0.25, -0.2) is 4.98 Å². The van der Waals surface area contributed by atoms with E-state index in [9.17, 15) is 15.2 Å². The second-order valence-corrected chi connectivity index (χ2v) is 9.79. The Hall–Kier alpha value is -3.44. The number of amides is 1. The predicted octanol–water partition coefficient (Wildman–Crippen LogP) is 3.73. The molecule has 3 aliphatic rings. The summed E-state index contributed by atoms with van der Waals surface area (Å²) in [6.07, 6.45) is 8.04. The van der Waals surface area contributed by atoms with E-state index in [1.54, 1.807) is 12.3 Å². The number of hydrogen-bond acceptors (Lipinski definition) is 7. The second kappa shape index (κ2) is 9.67. The van der Waals surface area contributed by atoms with Gasteiger partial charge in [0.05, 0.1) is 35.3 Å². The van der Waals surface area contributed by atoms with Gasteiger partial charge in [-0.2, -0.15) is 5.26 Å². The monoisotopic (exact) mass is 472 g/mol. The predicted molar refractivity (Wildman–Crippen MR) is 135 cm³/mol. The van der Waals surface area contributed by atoms with E-state index in [1.807, 2.05) is 24.0 Å². The van der Waals surface area contributed by atoms with Gasteiger partial charge in [0.2, 0.25) is 5.91 Å². The van der Waals surface area contributed by atoms with Crippen molar-refractivity contribution >= 4 is 29.2 Å². The van der Waals surface area contributed by atoms with Crippen molar-refractivity contribution in [2.45, 2.75) is 51.0 Å². The molecule has 2 N–H and O–H groups in total. The fraction of sp³-hybridized carbons (Fsp3) is 0.481. The van der Waals surface area contributed by atoms with E-state index >= 15 is 0 Å². The van der Waals surface area contributed by atoms with Gasteiger partial charge in [-0.05, 0) is 62.3 Å². The van der Waals surface area contributed by atoms with Crippen LogP contribution in [0.4, 0.5) is 17.2 Å². The van der Waals surface area contributed by atoms with Crippen molar-refractivity contribution in [1.82, 2.24) is 14.9 Å². The van der Waals surface area contributed by atoms with Crippen LogP contribution in [0, 0.1) is 24.2 Å². The number of rotatable bonds is 8. The Morgan fingerprint density at radius 3 is 2.80 bits per heavy atom. The standard InChI is InChI=1S/C27H32N6O2/c1-3-20-14-21(8-10-29-20)30-25-17(2)22(15-28)27(31-26(25)19-6-7-19)32-11-12-33(24(35)9-13-34)23(16-32)18-4-5-18/h3,8,10,14,18-19,23,34H,1,4-7,9,11-13,16H2,2H3,(H,29,30). The number of nitriles is 1. The molecule has 1 aliphatic heterocycles. The molecule has 3 fully saturated rings. The number of nitrogens with zero attached hydrogens (tertiary/aromatic N) is 5. The maximum absolute atomic E-state index is 12.6. The molecule has 1 atom stereocenters. The first-order valence-corrected chi connectivity index (χ1v) is 12.5. The quantitative estimate of drug-likeness (QED) is 0.603. The molecule has 2 aromatic heterocycles. The molecule has 0 aromatic carbocycles. The molecule has 8 heteroatoms. The van der Waals surface area contributed by atoms with Crippen LogP contribution in [0.2, 0.25) is 0 Å². The number of carbonyl (C=O) groups excluding carboxylic acids is 1. The summed E-state index contributed by atoms with van der Waals surface area (Å²) in [5.41, 5.74) is 5.08. The largest absolute Gasteiger partial charge is 0.396 e. The van der Waals surface area contributed by atoms with E-state index in [4.69, 9.17) is 4.98 Å². The number of aliphatic hydroxyl groups excluding tert-OH is 1. The molecule has 35 heavy (non-hydrogen) atoms. The number of aliphatic hydroxyl groups is 1. The maximum Gasteiger partial charge on any atom is 0.225 e. The van der Waals surface area contributed by atoms with Crippen molar-refractivity contribution in [3.05, 3.63) is 47.4 Å². The summed E-state index contributed by atoms with van der Waals surface area (Å²) in [4.78, 5) is 26.2. The van der Waals surface area contributed by atoms with Gasteiger partial charge in [0.25, 0.3) is 0 Å². The van der Waals surface area contributed by atoms with Crippen molar-refractivity contribution in [1.29, 1.82) is 5.26 Å². The van der Waals surface area contributed by atoms with Gasteiger partial charge in [-0.1, -0.05) is 6.58 Å². The van der Waals surface area contributed by atoms with Crippen LogP contribution in [0.5, 0.6) is 0 Å². The number of pyridine rings is 2. The summed E-state index contributed by atoms with van der Waals surface area (Å²) in [7, 11) is 0. The molecule has 1 saturated heterocycles. The summed E-state index contributed by atoms with van der Waals surface area (Å²) >= 11 is 0. The van der Waals surface area contributed by atoms with E-state index in [0.717, 1.165) is 59.8 Å². The van der Waals surface area contributed by atoms with E-state index in [1.165, 1.54) is 0 Å². The third kappa shape index (κ3) is 4.73. The molecule has 1 unspecified atom stereocenters. The molecular formula is C27H32N6O2. The average Bonchev–Trinajstić information content (AvgIpc) is 3.78.